The van der Waals surface area contributed by atoms with E-state index in [2.05, 4.69) is 25.1 Å². The quantitative estimate of drug-likeness (QED) is 0.390. The second-order valence-corrected chi connectivity index (χ2v) is 7.76. The van der Waals surface area contributed by atoms with Crippen LogP contribution in [0.15, 0.2) is 54.6 Å². The number of rotatable bonds is 6. The van der Waals surface area contributed by atoms with Crippen LogP contribution in [0.5, 0.6) is 0 Å². The summed E-state index contributed by atoms with van der Waals surface area (Å²) >= 11 is 0. The van der Waals surface area contributed by atoms with Crippen LogP contribution in [0.1, 0.15) is 49.3 Å². The minimum atomic E-state index is -0.304. The van der Waals surface area contributed by atoms with Crippen LogP contribution in [0.4, 0.5) is 8.78 Å². The molecule has 3 aromatic rings. The number of aryl methyl sites for hydroxylation is 2. The van der Waals surface area contributed by atoms with Gasteiger partial charge in [-0.1, -0.05) is 68.7 Å². The average Bonchev–Trinajstić information content (AvgIpc) is 2.72. The summed E-state index contributed by atoms with van der Waals surface area (Å²) in [5.74, 6) is -0.472. The molecule has 0 spiro atoms. The van der Waals surface area contributed by atoms with Crippen molar-refractivity contribution in [3.05, 3.63) is 82.9 Å². The van der Waals surface area contributed by atoms with Crippen LogP contribution in [0, 0.1) is 11.6 Å². The Morgan fingerprint density at radius 1 is 0.750 bits per heavy atom. The highest BCUT2D eigenvalue weighted by Gasteiger charge is 2.21. The van der Waals surface area contributed by atoms with Gasteiger partial charge in [0.2, 0.25) is 0 Å². The Bertz CT molecular complexity index is 970. The average molecular weight is 376 g/mol. The lowest BCUT2D eigenvalue weighted by Crippen LogP contribution is -2.08. The summed E-state index contributed by atoms with van der Waals surface area (Å²) in [5.41, 5.74) is 6.93. The molecule has 0 N–H and O–H groups in total. The molecule has 0 saturated heterocycles. The maximum atomic E-state index is 15.3. The van der Waals surface area contributed by atoms with Crippen LogP contribution in [0.25, 0.3) is 22.3 Å². The molecule has 0 unspecified atom stereocenters. The Morgan fingerprint density at radius 3 is 2.29 bits per heavy atom. The Morgan fingerprint density at radius 2 is 1.50 bits per heavy atom. The molecule has 0 saturated carbocycles. The molecule has 0 amide bonds. The number of benzene rings is 3. The summed E-state index contributed by atoms with van der Waals surface area (Å²) in [4.78, 5) is 0. The molecule has 3 aromatic carbocycles. The normalized spacial score (nSPS) is 12.5. The topological polar surface area (TPSA) is 0 Å². The zero-order valence-electron chi connectivity index (χ0n) is 16.4. The number of unbranched alkanes of at least 4 members (excludes halogenated alkanes) is 3. The van der Waals surface area contributed by atoms with Crippen LogP contribution in [0.2, 0.25) is 0 Å². The molecular weight excluding hydrogens is 350 g/mol. The lowest BCUT2D eigenvalue weighted by molar-refractivity contribution is 0.610. The first-order chi connectivity index (χ1) is 13.7. The first-order valence-electron chi connectivity index (χ1n) is 10.4. The van der Waals surface area contributed by atoms with Crippen molar-refractivity contribution in [3.8, 4) is 22.3 Å². The van der Waals surface area contributed by atoms with E-state index in [-0.39, 0.29) is 11.6 Å². The lowest BCUT2D eigenvalue weighted by atomic mass is 9.82. The van der Waals surface area contributed by atoms with E-state index in [1.54, 1.807) is 12.1 Å². The maximum absolute atomic E-state index is 15.3. The number of hydrogen-bond donors (Lipinski definition) is 0. The van der Waals surface area contributed by atoms with Crippen LogP contribution in [0.3, 0.4) is 0 Å². The molecule has 0 nitrogen and oxygen atoms in total. The van der Waals surface area contributed by atoms with Gasteiger partial charge in [0.05, 0.1) is 0 Å². The maximum Gasteiger partial charge on any atom is 0.134 e. The highest BCUT2D eigenvalue weighted by Crippen LogP contribution is 2.38. The zero-order valence-corrected chi connectivity index (χ0v) is 16.4. The minimum Gasteiger partial charge on any atom is -0.207 e. The number of halogens is 2. The molecule has 1 aliphatic carbocycles. The molecule has 0 aliphatic heterocycles. The fourth-order valence-corrected chi connectivity index (χ4v) is 4.26. The van der Waals surface area contributed by atoms with E-state index >= 15 is 4.39 Å². The number of fused-ring (bicyclic) bond motifs is 3. The smallest absolute Gasteiger partial charge is 0.134 e. The molecule has 144 valence electrons. The van der Waals surface area contributed by atoms with Crippen molar-refractivity contribution in [2.45, 2.75) is 51.9 Å². The molecule has 0 bridgehead atoms. The van der Waals surface area contributed by atoms with E-state index in [1.807, 2.05) is 12.1 Å². The molecule has 2 heteroatoms. The fraction of sp³-hybridized carbons (Fsp3) is 0.308. The van der Waals surface area contributed by atoms with E-state index in [4.69, 9.17) is 0 Å². The van der Waals surface area contributed by atoms with Crippen LogP contribution < -0.4 is 0 Å². The second-order valence-electron chi connectivity index (χ2n) is 7.76. The summed E-state index contributed by atoms with van der Waals surface area (Å²) in [6.07, 6.45) is 7.78. The van der Waals surface area contributed by atoms with Crippen LogP contribution in [-0.4, -0.2) is 0 Å². The van der Waals surface area contributed by atoms with Gasteiger partial charge in [-0.3, -0.25) is 0 Å². The van der Waals surface area contributed by atoms with E-state index in [9.17, 15) is 4.39 Å². The van der Waals surface area contributed by atoms with E-state index in [0.717, 1.165) is 35.1 Å². The third-order valence-corrected chi connectivity index (χ3v) is 5.82. The van der Waals surface area contributed by atoms with Crippen molar-refractivity contribution in [2.24, 2.45) is 0 Å². The van der Waals surface area contributed by atoms with Crippen molar-refractivity contribution in [1.82, 2.24) is 0 Å². The van der Waals surface area contributed by atoms with Gasteiger partial charge >= 0.3 is 0 Å². The Hall–Kier alpha value is -2.48. The van der Waals surface area contributed by atoms with Crippen molar-refractivity contribution in [3.63, 3.8) is 0 Å². The highest BCUT2D eigenvalue weighted by molar-refractivity contribution is 5.78. The van der Waals surface area contributed by atoms with Crippen LogP contribution in [-0.2, 0) is 19.3 Å². The standard InChI is InChI=1S/C26H26F2/c1-2-3-4-5-6-18-7-13-22-20(17-18)10-14-25-24(22)16-15-23(26(25)28)19-8-11-21(27)12-9-19/h7-9,11-13,15-17H,2-6,10,14H2,1H3. The summed E-state index contributed by atoms with van der Waals surface area (Å²) in [6.45, 7) is 2.23. The SMILES string of the molecule is CCCCCCc1ccc2c(c1)CCc1c-2ccc(-c2ccc(F)cc2)c1F. The summed E-state index contributed by atoms with van der Waals surface area (Å²) in [5, 5.41) is 0. The molecular formula is C26H26F2. The summed E-state index contributed by atoms with van der Waals surface area (Å²) < 4.78 is 28.5. The predicted molar refractivity (Wildman–Crippen MR) is 112 cm³/mol. The van der Waals surface area contributed by atoms with Crippen molar-refractivity contribution >= 4 is 0 Å². The van der Waals surface area contributed by atoms with Gasteiger partial charge in [-0.2, -0.15) is 0 Å². The summed E-state index contributed by atoms with van der Waals surface area (Å²) in [6, 6.07) is 16.6. The van der Waals surface area contributed by atoms with Gasteiger partial charge in [0.15, 0.2) is 0 Å². The molecule has 0 fully saturated rings. The molecule has 28 heavy (non-hydrogen) atoms. The molecule has 0 aromatic heterocycles. The van der Waals surface area contributed by atoms with Crippen molar-refractivity contribution < 1.29 is 8.78 Å². The van der Waals surface area contributed by atoms with Gasteiger partial charge in [0, 0.05) is 5.56 Å². The first kappa shape index (κ1) is 18.9. The van der Waals surface area contributed by atoms with Gasteiger partial charge in [-0.15, -0.1) is 0 Å². The molecule has 0 radical (unpaired) electrons. The van der Waals surface area contributed by atoms with E-state index in [1.165, 1.54) is 48.9 Å². The lowest BCUT2D eigenvalue weighted by Gasteiger charge is -2.22. The Labute approximate surface area is 166 Å². The van der Waals surface area contributed by atoms with Gasteiger partial charge in [0.25, 0.3) is 0 Å². The van der Waals surface area contributed by atoms with E-state index in [0.29, 0.717) is 12.0 Å². The van der Waals surface area contributed by atoms with Crippen molar-refractivity contribution in [1.29, 1.82) is 0 Å². The van der Waals surface area contributed by atoms with Gasteiger partial charge in [-0.25, -0.2) is 8.78 Å². The second kappa shape index (κ2) is 8.26. The molecule has 0 heterocycles. The first-order valence-corrected chi connectivity index (χ1v) is 10.4. The summed E-state index contributed by atoms with van der Waals surface area (Å²) in [7, 11) is 0. The predicted octanol–water partition coefficient (Wildman–Crippen LogP) is 7.52. The van der Waals surface area contributed by atoms with E-state index < -0.39 is 0 Å². The fourth-order valence-electron chi connectivity index (χ4n) is 4.26. The third kappa shape index (κ3) is 3.73. The van der Waals surface area contributed by atoms with Crippen LogP contribution >= 0.6 is 0 Å². The monoisotopic (exact) mass is 376 g/mol. The molecule has 4 rings (SSSR count). The van der Waals surface area contributed by atoms with Gasteiger partial charge in [0.1, 0.15) is 11.6 Å². The highest BCUT2D eigenvalue weighted by atomic mass is 19.1. The third-order valence-electron chi connectivity index (χ3n) is 5.82. The molecule has 1 aliphatic rings. The molecule has 0 atom stereocenters. The Kier molecular flexibility index (Phi) is 5.57. The van der Waals surface area contributed by atoms with Gasteiger partial charge < -0.3 is 0 Å². The van der Waals surface area contributed by atoms with Crippen molar-refractivity contribution in [2.75, 3.05) is 0 Å². The number of hydrogen-bond acceptors (Lipinski definition) is 0. The Balaban J connectivity index is 1.63. The largest absolute Gasteiger partial charge is 0.207 e. The zero-order chi connectivity index (χ0) is 19.5. The van der Waals surface area contributed by atoms with Gasteiger partial charge in [-0.05, 0) is 71.2 Å². The minimum absolute atomic E-state index is 0.168.